The summed E-state index contributed by atoms with van der Waals surface area (Å²) in [6.45, 7) is 3.40. The van der Waals surface area contributed by atoms with Crippen LogP contribution in [0.3, 0.4) is 0 Å². The number of carbonyl (C=O) groups excluding carboxylic acids is 1. The summed E-state index contributed by atoms with van der Waals surface area (Å²) in [7, 11) is 1.66. The Balaban J connectivity index is 2.26. The molecule has 0 unspecified atom stereocenters. The fourth-order valence-corrected chi connectivity index (χ4v) is 1.40. The quantitative estimate of drug-likeness (QED) is 0.742. The number of aryl methyl sites for hydroxylation is 1. The van der Waals surface area contributed by atoms with Gasteiger partial charge in [0.1, 0.15) is 0 Å². The monoisotopic (exact) mass is 221 g/mol. The van der Waals surface area contributed by atoms with Crippen LogP contribution in [0.25, 0.3) is 0 Å². The second kappa shape index (κ2) is 7.01. The number of nitrogens with one attached hydrogen (secondary N) is 1. The molecule has 0 saturated carbocycles. The summed E-state index contributed by atoms with van der Waals surface area (Å²) in [6.07, 6.45) is 1.31. The average Bonchev–Trinajstić information content (AvgIpc) is 2.28. The smallest absolute Gasteiger partial charge is 0.224 e. The lowest BCUT2D eigenvalue weighted by Crippen LogP contribution is -2.26. The van der Waals surface area contributed by atoms with E-state index in [4.69, 9.17) is 4.74 Å². The van der Waals surface area contributed by atoms with Crippen LogP contribution in [-0.2, 0) is 16.0 Å². The molecule has 1 aromatic rings. The molecule has 1 aromatic carbocycles. The van der Waals surface area contributed by atoms with Crippen molar-refractivity contribution in [3.8, 4) is 0 Å². The summed E-state index contributed by atoms with van der Waals surface area (Å²) >= 11 is 0. The first kappa shape index (κ1) is 12.7. The Hall–Kier alpha value is -1.35. The highest BCUT2D eigenvalue weighted by molar-refractivity contribution is 5.78. The Bertz CT molecular complexity index is 319. The summed E-state index contributed by atoms with van der Waals surface area (Å²) in [5.41, 5.74) is 2.26. The van der Waals surface area contributed by atoms with Crippen LogP contribution in [0.5, 0.6) is 0 Å². The number of carbonyl (C=O) groups is 1. The predicted octanol–water partition coefficient (Wildman–Crippen LogP) is 1.69. The van der Waals surface area contributed by atoms with Crippen molar-refractivity contribution in [2.24, 2.45) is 0 Å². The SMILES string of the molecule is COCCCNC(=O)Cc1ccc(C)cc1. The molecule has 1 N–H and O–H groups in total. The lowest BCUT2D eigenvalue weighted by Gasteiger charge is -2.05. The molecule has 0 aromatic heterocycles. The second-order valence-electron chi connectivity index (χ2n) is 3.86. The van der Waals surface area contributed by atoms with Gasteiger partial charge in [-0.05, 0) is 18.9 Å². The van der Waals surface area contributed by atoms with Gasteiger partial charge in [0.05, 0.1) is 6.42 Å². The van der Waals surface area contributed by atoms with Crippen molar-refractivity contribution in [2.75, 3.05) is 20.3 Å². The molecule has 0 aliphatic rings. The van der Waals surface area contributed by atoms with Crippen LogP contribution < -0.4 is 5.32 Å². The highest BCUT2D eigenvalue weighted by Gasteiger charge is 2.01. The minimum atomic E-state index is 0.0694. The molecule has 3 heteroatoms. The molecule has 3 nitrogen and oxygen atoms in total. The Morgan fingerprint density at radius 2 is 2.00 bits per heavy atom. The Labute approximate surface area is 96.8 Å². The second-order valence-corrected chi connectivity index (χ2v) is 3.86. The molecule has 0 aliphatic carbocycles. The Morgan fingerprint density at radius 1 is 1.31 bits per heavy atom. The molecule has 0 heterocycles. The number of rotatable bonds is 6. The number of hydrogen-bond acceptors (Lipinski definition) is 2. The van der Waals surface area contributed by atoms with Crippen LogP contribution in [-0.4, -0.2) is 26.2 Å². The third-order valence-corrected chi connectivity index (χ3v) is 2.33. The van der Waals surface area contributed by atoms with Crippen molar-refractivity contribution in [1.29, 1.82) is 0 Å². The first-order valence-electron chi connectivity index (χ1n) is 5.53. The summed E-state index contributed by atoms with van der Waals surface area (Å²) in [5, 5.41) is 2.86. The largest absolute Gasteiger partial charge is 0.385 e. The molecule has 1 amide bonds. The van der Waals surface area contributed by atoms with E-state index in [1.807, 2.05) is 31.2 Å². The molecule has 0 atom stereocenters. The maximum Gasteiger partial charge on any atom is 0.224 e. The van der Waals surface area contributed by atoms with Gasteiger partial charge >= 0.3 is 0 Å². The molecule has 0 aliphatic heterocycles. The van der Waals surface area contributed by atoms with E-state index in [9.17, 15) is 4.79 Å². The van der Waals surface area contributed by atoms with Gasteiger partial charge in [0.2, 0.25) is 5.91 Å². The summed E-state index contributed by atoms with van der Waals surface area (Å²) in [4.78, 5) is 11.5. The minimum Gasteiger partial charge on any atom is -0.385 e. The van der Waals surface area contributed by atoms with Crippen molar-refractivity contribution in [1.82, 2.24) is 5.32 Å². The van der Waals surface area contributed by atoms with Gasteiger partial charge in [-0.25, -0.2) is 0 Å². The van der Waals surface area contributed by atoms with Crippen molar-refractivity contribution in [3.63, 3.8) is 0 Å². The third-order valence-electron chi connectivity index (χ3n) is 2.33. The van der Waals surface area contributed by atoms with Gasteiger partial charge in [0.15, 0.2) is 0 Å². The molecule has 0 bridgehead atoms. The van der Waals surface area contributed by atoms with Crippen LogP contribution >= 0.6 is 0 Å². The van der Waals surface area contributed by atoms with Crippen molar-refractivity contribution in [2.45, 2.75) is 19.8 Å². The predicted molar refractivity (Wildman–Crippen MR) is 64.4 cm³/mol. The molecule has 0 spiro atoms. The van der Waals surface area contributed by atoms with E-state index >= 15 is 0 Å². The molecule has 0 fully saturated rings. The molecular formula is C13H19NO2. The maximum absolute atomic E-state index is 11.5. The van der Waals surface area contributed by atoms with Crippen molar-refractivity contribution < 1.29 is 9.53 Å². The van der Waals surface area contributed by atoms with E-state index in [1.165, 1.54) is 5.56 Å². The molecule has 88 valence electrons. The van der Waals surface area contributed by atoms with E-state index in [2.05, 4.69) is 5.32 Å². The van der Waals surface area contributed by atoms with Crippen LogP contribution in [0.2, 0.25) is 0 Å². The van der Waals surface area contributed by atoms with Crippen LogP contribution in [0.1, 0.15) is 17.5 Å². The number of methoxy groups -OCH3 is 1. The van der Waals surface area contributed by atoms with Gasteiger partial charge in [0.25, 0.3) is 0 Å². The van der Waals surface area contributed by atoms with E-state index in [-0.39, 0.29) is 5.91 Å². The van der Waals surface area contributed by atoms with Crippen LogP contribution in [0.4, 0.5) is 0 Å². The van der Waals surface area contributed by atoms with Gasteiger partial charge in [-0.15, -0.1) is 0 Å². The molecule has 0 saturated heterocycles. The number of benzene rings is 1. The van der Waals surface area contributed by atoms with E-state index in [0.717, 1.165) is 12.0 Å². The highest BCUT2D eigenvalue weighted by atomic mass is 16.5. The standard InChI is InChI=1S/C13H19NO2/c1-11-4-6-12(7-5-11)10-13(15)14-8-3-9-16-2/h4-7H,3,8-10H2,1-2H3,(H,14,15). The number of amides is 1. The first-order chi connectivity index (χ1) is 7.72. The zero-order valence-electron chi connectivity index (χ0n) is 9.95. The first-order valence-corrected chi connectivity index (χ1v) is 5.53. The van der Waals surface area contributed by atoms with Gasteiger partial charge in [-0.1, -0.05) is 29.8 Å². The van der Waals surface area contributed by atoms with Gasteiger partial charge in [0, 0.05) is 20.3 Å². The van der Waals surface area contributed by atoms with E-state index < -0.39 is 0 Å². The van der Waals surface area contributed by atoms with Gasteiger partial charge in [-0.2, -0.15) is 0 Å². The zero-order valence-corrected chi connectivity index (χ0v) is 9.95. The minimum absolute atomic E-state index is 0.0694. The lowest BCUT2D eigenvalue weighted by atomic mass is 10.1. The molecule has 16 heavy (non-hydrogen) atoms. The summed E-state index contributed by atoms with van der Waals surface area (Å²) in [5.74, 6) is 0.0694. The number of hydrogen-bond donors (Lipinski definition) is 1. The number of ether oxygens (including phenoxy) is 1. The van der Waals surface area contributed by atoms with E-state index in [1.54, 1.807) is 7.11 Å². The van der Waals surface area contributed by atoms with Gasteiger partial charge < -0.3 is 10.1 Å². The van der Waals surface area contributed by atoms with Crippen LogP contribution in [0.15, 0.2) is 24.3 Å². The average molecular weight is 221 g/mol. The maximum atomic E-state index is 11.5. The normalized spacial score (nSPS) is 10.1. The van der Waals surface area contributed by atoms with E-state index in [0.29, 0.717) is 19.6 Å². The Morgan fingerprint density at radius 3 is 2.62 bits per heavy atom. The van der Waals surface area contributed by atoms with Crippen molar-refractivity contribution >= 4 is 5.91 Å². The highest BCUT2D eigenvalue weighted by Crippen LogP contribution is 2.03. The topological polar surface area (TPSA) is 38.3 Å². The fraction of sp³-hybridized carbons (Fsp3) is 0.462. The summed E-state index contributed by atoms with van der Waals surface area (Å²) < 4.78 is 4.90. The molecular weight excluding hydrogens is 202 g/mol. The zero-order chi connectivity index (χ0) is 11.8. The Kier molecular flexibility index (Phi) is 5.57. The fourth-order valence-electron chi connectivity index (χ4n) is 1.40. The van der Waals surface area contributed by atoms with Gasteiger partial charge in [-0.3, -0.25) is 4.79 Å². The lowest BCUT2D eigenvalue weighted by molar-refractivity contribution is -0.120. The van der Waals surface area contributed by atoms with Crippen molar-refractivity contribution in [3.05, 3.63) is 35.4 Å². The molecule has 0 radical (unpaired) electrons. The van der Waals surface area contributed by atoms with Crippen LogP contribution in [0, 0.1) is 6.92 Å². The third kappa shape index (κ3) is 4.94. The molecule has 1 rings (SSSR count). The summed E-state index contributed by atoms with van der Waals surface area (Å²) in [6, 6.07) is 8.02.